The summed E-state index contributed by atoms with van der Waals surface area (Å²) in [7, 11) is 0. The number of esters is 1. The molecule has 0 spiro atoms. The van der Waals surface area contributed by atoms with E-state index in [1.54, 1.807) is 6.92 Å². The van der Waals surface area contributed by atoms with Gasteiger partial charge >= 0.3 is 5.97 Å². The van der Waals surface area contributed by atoms with Crippen LogP contribution in [0.3, 0.4) is 0 Å². The molecule has 1 aromatic rings. The molecule has 114 valence electrons. The Morgan fingerprint density at radius 1 is 1.10 bits per heavy atom. The number of nitrogens with one attached hydrogen (secondary N) is 2. The van der Waals surface area contributed by atoms with E-state index in [0.717, 1.165) is 0 Å². The third-order valence-electron chi connectivity index (χ3n) is 2.34. The van der Waals surface area contributed by atoms with Crippen molar-refractivity contribution in [1.29, 1.82) is 0 Å². The van der Waals surface area contributed by atoms with Gasteiger partial charge in [0, 0.05) is 0 Å². The lowest BCUT2D eigenvalue weighted by atomic mass is 10.1. The summed E-state index contributed by atoms with van der Waals surface area (Å²) in [6.07, 6.45) is 0. The molecule has 0 bridgehead atoms. The molecule has 0 aliphatic heterocycles. The van der Waals surface area contributed by atoms with Crippen LogP contribution < -0.4 is 10.6 Å². The molecule has 0 radical (unpaired) electrons. The smallest absolute Gasteiger partial charge is 0.340 e. The standard InChI is InChI=1S/C13H14F2N2O4/c1-2-21-13(20)8-4-3-5-9(16-10(18)6-14)12(8)17-11(19)7-15/h3-5H,2,6-7H2,1H3,(H,16,18)(H,17,19). The van der Waals surface area contributed by atoms with Gasteiger partial charge in [0.15, 0.2) is 13.3 Å². The van der Waals surface area contributed by atoms with Gasteiger partial charge < -0.3 is 15.4 Å². The topological polar surface area (TPSA) is 84.5 Å². The van der Waals surface area contributed by atoms with Crippen molar-refractivity contribution in [3.05, 3.63) is 23.8 Å². The molecule has 21 heavy (non-hydrogen) atoms. The number of anilines is 2. The maximum Gasteiger partial charge on any atom is 0.340 e. The van der Waals surface area contributed by atoms with Crippen LogP contribution in [0.1, 0.15) is 17.3 Å². The van der Waals surface area contributed by atoms with Crippen LogP contribution in [-0.4, -0.2) is 37.7 Å². The number of benzene rings is 1. The van der Waals surface area contributed by atoms with Gasteiger partial charge in [-0.2, -0.15) is 0 Å². The van der Waals surface area contributed by atoms with E-state index in [0.29, 0.717) is 0 Å². The Morgan fingerprint density at radius 3 is 2.29 bits per heavy atom. The summed E-state index contributed by atoms with van der Waals surface area (Å²) in [5.74, 6) is -2.74. The van der Waals surface area contributed by atoms with E-state index in [1.807, 2.05) is 0 Å². The summed E-state index contributed by atoms with van der Waals surface area (Å²) in [5, 5.41) is 4.31. The van der Waals surface area contributed by atoms with E-state index in [9.17, 15) is 23.2 Å². The van der Waals surface area contributed by atoms with E-state index in [4.69, 9.17) is 4.74 Å². The van der Waals surface area contributed by atoms with E-state index in [1.165, 1.54) is 18.2 Å². The Balaban J connectivity index is 3.22. The highest BCUT2D eigenvalue weighted by atomic mass is 19.1. The van der Waals surface area contributed by atoms with Gasteiger partial charge in [0.1, 0.15) is 0 Å². The van der Waals surface area contributed by atoms with Crippen LogP contribution in [-0.2, 0) is 14.3 Å². The van der Waals surface area contributed by atoms with Crippen molar-refractivity contribution in [3.8, 4) is 0 Å². The molecule has 1 rings (SSSR count). The molecule has 0 fully saturated rings. The first kappa shape index (κ1) is 16.5. The van der Waals surface area contributed by atoms with E-state index in [-0.39, 0.29) is 23.5 Å². The van der Waals surface area contributed by atoms with Crippen LogP contribution >= 0.6 is 0 Å². The summed E-state index contributed by atoms with van der Waals surface area (Å²) in [6.45, 7) is -0.906. The summed E-state index contributed by atoms with van der Waals surface area (Å²) < 4.78 is 29.4. The molecule has 8 heteroatoms. The van der Waals surface area contributed by atoms with Gasteiger partial charge in [-0.05, 0) is 19.1 Å². The lowest BCUT2D eigenvalue weighted by Crippen LogP contribution is -2.21. The number of rotatable bonds is 6. The van der Waals surface area contributed by atoms with Gasteiger partial charge in [0.05, 0.1) is 23.5 Å². The number of alkyl halides is 2. The third-order valence-corrected chi connectivity index (χ3v) is 2.34. The van der Waals surface area contributed by atoms with Gasteiger partial charge in [0.2, 0.25) is 0 Å². The maximum atomic E-state index is 12.3. The van der Waals surface area contributed by atoms with Crippen molar-refractivity contribution < 1.29 is 27.9 Å². The molecule has 2 N–H and O–H groups in total. The highest BCUT2D eigenvalue weighted by Crippen LogP contribution is 2.27. The SMILES string of the molecule is CCOC(=O)c1cccc(NC(=O)CF)c1NC(=O)CF. The molecule has 0 aromatic heterocycles. The van der Waals surface area contributed by atoms with Crippen LogP contribution in [0.5, 0.6) is 0 Å². The number of hydrogen-bond donors (Lipinski definition) is 2. The highest BCUT2D eigenvalue weighted by molar-refractivity contribution is 6.07. The number of ether oxygens (including phenoxy) is 1. The molecular weight excluding hydrogens is 286 g/mol. The molecule has 1 aromatic carbocycles. The fraction of sp³-hybridized carbons (Fsp3) is 0.308. The molecule has 0 aliphatic rings. The van der Waals surface area contributed by atoms with Crippen molar-refractivity contribution in [2.45, 2.75) is 6.92 Å². The number of carbonyl (C=O) groups excluding carboxylic acids is 3. The van der Waals surface area contributed by atoms with Crippen molar-refractivity contribution in [2.75, 3.05) is 30.6 Å². The quantitative estimate of drug-likeness (QED) is 0.783. The zero-order valence-corrected chi connectivity index (χ0v) is 11.2. The Kier molecular flexibility index (Phi) is 6.25. The molecule has 0 saturated carbocycles. The van der Waals surface area contributed by atoms with Gasteiger partial charge in [-0.1, -0.05) is 6.07 Å². The van der Waals surface area contributed by atoms with E-state index in [2.05, 4.69) is 10.6 Å². The van der Waals surface area contributed by atoms with Crippen molar-refractivity contribution >= 4 is 29.2 Å². The van der Waals surface area contributed by atoms with Crippen LogP contribution in [0.4, 0.5) is 20.2 Å². The van der Waals surface area contributed by atoms with Crippen LogP contribution in [0.2, 0.25) is 0 Å². The molecule has 0 aliphatic carbocycles. The summed E-state index contributed by atoms with van der Waals surface area (Å²) in [4.78, 5) is 34.1. The summed E-state index contributed by atoms with van der Waals surface area (Å²) in [6, 6.07) is 4.08. The second kappa shape index (κ2) is 7.93. The molecule has 0 saturated heterocycles. The lowest BCUT2D eigenvalue weighted by Gasteiger charge is -2.14. The van der Waals surface area contributed by atoms with E-state index < -0.39 is 31.1 Å². The minimum atomic E-state index is -1.31. The first-order chi connectivity index (χ1) is 10.0. The van der Waals surface area contributed by atoms with E-state index >= 15 is 0 Å². The third kappa shape index (κ3) is 4.51. The minimum Gasteiger partial charge on any atom is -0.462 e. The van der Waals surface area contributed by atoms with Crippen molar-refractivity contribution in [2.24, 2.45) is 0 Å². The lowest BCUT2D eigenvalue weighted by molar-refractivity contribution is -0.117. The highest BCUT2D eigenvalue weighted by Gasteiger charge is 2.19. The Bertz CT molecular complexity index is 549. The molecule has 0 unspecified atom stereocenters. The molecule has 0 atom stereocenters. The van der Waals surface area contributed by atoms with Crippen LogP contribution in [0, 0.1) is 0 Å². The summed E-state index contributed by atoms with van der Waals surface area (Å²) >= 11 is 0. The monoisotopic (exact) mass is 300 g/mol. The van der Waals surface area contributed by atoms with Crippen LogP contribution in [0.15, 0.2) is 18.2 Å². The van der Waals surface area contributed by atoms with Crippen molar-refractivity contribution in [1.82, 2.24) is 0 Å². The first-order valence-corrected chi connectivity index (χ1v) is 6.05. The van der Waals surface area contributed by atoms with Gasteiger partial charge in [-0.25, -0.2) is 13.6 Å². The normalized spacial score (nSPS) is 9.86. The second-order valence-corrected chi connectivity index (χ2v) is 3.81. The van der Waals surface area contributed by atoms with Gasteiger partial charge in [0.25, 0.3) is 11.8 Å². The second-order valence-electron chi connectivity index (χ2n) is 3.81. The Morgan fingerprint density at radius 2 is 1.71 bits per heavy atom. The van der Waals surface area contributed by atoms with Crippen LogP contribution in [0.25, 0.3) is 0 Å². The zero-order valence-electron chi connectivity index (χ0n) is 11.2. The Labute approximate surface area is 119 Å². The molecular formula is C13H14F2N2O4. The molecule has 2 amide bonds. The number of carbonyl (C=O) groups is 3. The fourth-order valence-corrected chi connectivity index (χ4v) is 1.53. The maximum absolute atomic E-state index is 12.3. The van der Waals surface area contributed by atoms with Gasteiger partial charge in [-0.15, -0.1) is 0 Å². The Hall–Kier alpha value is -2.51. The number of amides is 2. The number of para-hydroxylation sites is 1. The minimum absolute atomic E-state index is 0.0231. The number of halogens is 2. The van der Waals surface area contributed by atoms with Crippen molar-refractivity contribution in [3.63, 3.8) is 0 Å². The predicted octanol–water partition coefficient (Wildman–Crippen LogP) is 1.68. The average molecular weight is 300 g/mol. The average Bonchev–Trinajstić information content (AvgIpc) is 2.48. The summed E-state index contributed by atoms with van der Waals surface area (Å²) in [5.41, 5.74) is -0.235. The fourth-order valence-electron chi connectivity index (χ4n) is 1.53. The van der Waals surface area contributed by atoms with Gasteiger partial charge in [-0.3, -0.25) is 9.59 Å². The molecule has 0 heterocycles. The zero-order chi connectivity index (χ0) is 15.8. The number of hydrogen-bond acceptors (Lipinski definition) is 4. The first-order valence-electron chi connectivity index (χ1n) is 6.05. The molecule has 6 nitrogen and oxygen atoms in total. The largest absolute Gasteiger partial charge is 0.462 e. The predicted molar refractivity (Wildman–Crippen MR) is 71.6 cm³/mol.